The molecule has 0 spiro atoms. The van der Waals surface area contributed by atoms with E-state index in [9.17, 15) is 9.18 Å². The van der Waals surface area contributed by atoms with Crippen molar-refractivity contribution in [3.05, 3.63) is 65.5 Å². The second-order valence-corrected chi connectivity index (χ2v) is 3.83. The number of anilines is 1. The highest BCUT2D eigenvalue weighted by atomic mass is 19.1. The van der Waals surface area contributed by atoms with Gasteiger partial charge in [0.1, 0.15) is 5.82 Å². The molecule has 0 saturated heterocycles. The van der Waals surface area contributed by atoms with E-state index in [4.69, 9.17) is 0 Å². The van der Waals surface area contributed by atoms with Crippen LogP contribution in [-0.4, -0.2) is 5.91 Å². The highest BCUT2D eigenvalue weighted by Crippen LogP contribution is 2.11. The Hall–Kier alpha value is -2.16. The highest BCUT2D eigenvalue weighted by Gasteiger charge is 2.05. The topological polar surface area (TPSA) is 29.1 Å². The van der Waals surface area contributed by atoms with Crippen LogP contribution in [0.4, 0.5) is 10.1 Å². The predicted octanol–water partition coefficient (Wildman–Crippen LogP) is 3.39. The number of aryl methyl sites for hydroxylation is 1. The zero-order valence-corrected chi connectivity index (χ0v) is 9.41. The van der Waals surface area contributed by atoms with Crippen molar-refractivity contribution < 1.29 is 9.18 Å². The van der Waals surface area contributed by atoms with E-state index in [0.717, 1.165) is 5.56 Å². The molecule has 0 fully saturated rings. The molecule has 3 heteroatoms. The van der Waals surface area contributed by atoms with Crippen LogP contribution in [0.25, 0.3) is 0 Å². The molecule has 0 saturated carbocycles. The van der Waals surface area contributed by atoms with E-state index >= 15 is 0 Å². The molecule has 2 aromatic rings. The maximum absolute atomic E-state index is 12.7. The molecular weight excluding hydrogens is 217 g/mol. The van der Waals surface area contributed by atoms with Gasteiger partial charge in [0.2, 0.25) is 0 Å². The third kappa shape index (κ3) is 2.91. The molecule has 0 heterocycles. The van der Waals surface area contributed by atoms with E-state index in [1.54, 1.807) is 12.1 Å². The summed E-state index contributed by atoms with van der Waals surface area (Å²) in [6.07, 6.45) is 0. The molecule has 0 unspecified atom stereocenters. The van der Waals surface area contributed by atoms with Gasteiger partial charge >= 0.3 is 0 Å². The average molecular weight is 229 g/mol. The fourth-order valence-electron chi connectivity index (χ4n) is 1.52. The molecule has 2 nitrogen and oxygen atoms in total. The Morgan fingerprint density at radius 3 is 2.47 bits per heavy atom. The second-order valence-electron chi connectivity index (χ2n) is 3.83. The summed E-state index contributed by atoms with van der Waals surface area (Å²) in [5.74, 6) is -0.515. The largest absolute Gasteiger partial charge is 0.322 e. The third-order valence-electron chi connectivity index (χ3n) is 2.38. The van der Waals surface area contributed by atoms with Crippen molar-refractivity contribution in [2.45, 2.75) is 6.92 Å². The van der Waals surface area contributed by atoms with Crippen molar-refractivity contribution in [1.29, 1.82) is 0 Å². The number of carbonyl (C=O) groups excluding carboxylic acids is 1. The van der Waals surface area contributed by atoms with Gasteiger partial charge in [-0.1, -0.05) is 17.7 Å². The number of amides is 1. The van der Waals surface area contributed by atoms with Gasteiger partial charge in [-0.15, -0.1) is 0 Å². The summed E-state index contributed by atoms with van der Waals surface area (Å²) in [5.41, 5.74) is 2.20. The summed E-state index contributed by atoms with van der Waals surface area (Å²) in [6.45, 7) is 1.93. The zero-order valence-electron chi connectivity index (χ0n) is 9.41. The van der Waals surface area contributed by atoms with E-state index < -0.39 is 0 Å². The van der Waals surface area contributed by atoms with Crippen LogP contribution in [0.3, 0.4) is 0 Å². The summed E-state index contributed by atoms with van der Waals surface area (Å²) >= 11 is 0. The maximum atomic E-state index is 12.7. The third-order valence-corrected chi connectivity index (χ3v) is 2.38. The number of carbonyl (C=O) groups is 1. The molecule has 0 bridgehead atoms. The minimum atomic E-state index is -0.321. The molecule has 1 N–H and O–H groups in total. The van der Waals surface area contributed by atoms with Crippen molar-refractivity contribution in [2.24, 2.45) is 0 Å². The highest BCUT2D eigenvalue weighted by molar-refractivity contribution is 6.04. The summed E-state index contributed by atoms with van der Waals surface area (Å²) in [7, 11) is 0. The minimum Gasteiger partial charge on any atom is -0.322 e. The first-order valence-corrected chi connectivity index (χ1v) is 5.29. The standard InChI is InChI=1S/C14H12FNO/c1-10-3-2-4-11(9-10)14(17)16-13-7-5-12(15)6-8-13/h2-9H,1H3,(H,16,17). The van der Waals surface area contributed by atoms with Gasteiger partial charge < -0.3 is 5.32 Å². The fourth-order valence-corrected chi connectivity index (χ4v) is 1.52. The Morgan fingerprint density at radius 2 is 1.82 bits per heavy atom. The second kappa shape index (κ2) is 4.78. The van der Waals surface area contributed by atoms with E-state index in [0.29, 0.717) is 11.3 Å². The van der Waals surface area contributed by atoms with E-state index in [2.05, 4.69) is 5.32 Å². The lowest BCUT2D eigenvalue weighted by Crippen LogP contribution is -2.11. The van der Waals surface area contributed by atoms with E-state index in [1.165, 1.54) is 24.3 Å². The lowest BCUT2D eigenvalue weighted by atomic mass is 10.1. The van der Waals surface area contributed by atoms with Crippen LogP contribution in [0.5, 0.6) is 0 Å². The van der Waals surface area contributed by atoms with Crippen LogP contribution < -0.4 is 5.32 Å². The summed E-state index contributed by atoms with van der Waals surface area (Å²) in [5, 5.41) is 2.71. The molecule has 1 amide bonds. The van der Waals surface area contributed by atoms with Gasteiger partial charge in [-0.25, -0.2) is 4.39 Å². The molecule has 0 aliphatic heterocycles. The van der Waals surface area contributed by atoms with Gasteiger partial charge in [0.15, 0.2) is 0 Å². The summed E-state index contributed by atoms with van der Waals surface area (Å²) < 4.78 is 12.7. The smallest absolute Gasteiger partial charge is 0.255 e. The molecule has 0 atom stereocenters. The van der Waals surface area contributed by atoms with Gasteiger partial charge in [0.25, 0.3) is 5.91 Å². The Morgan fingerprint density at radius 1 is 1.12 bits per heavy atom. The van der Waals surface area contributed by atoms with Crippen LogP contribution in [0.2, 0.25) is 0 Å². The number of hydrogen-bond donors (Lipinski definition) is 1. The molecule has 0 aliphatic rings. The first-order valence-electron chi connectivity index (χ1n) is 5.29. The number of halogens is 1. The van der Waals surface area contributed by atoms with Crippen molar-refractivity contribution in [1.82, 2.24) is 0 Å². The fraction of sp³-hybridized carbons (Fsp3) is 0.0714. The Kier molecular flexibility index (Phi) is 3.19. The first kappa shape index (κ1) is 11.3. The monoisotopic (exact) mass is 229 g/mol. The molecule has 0 aliphatic carbocycles. The maximum Gasteiger partial charge on any atom is 0.255 e. The van der Waals surface area contributed by atoms with Crippen molar-refractivity contribution in [3.8, 4) is 0 Å². The molecule has 2 aromatic carbocycles. The van der Waals surface area contributed by atoms with Gasteiger partial charge in [0, 0.05) is 11.3 Å². The first-order chi connectivity index (χ1) is 8.15. The molecular formula is C14H12FNO. The van der Waals surface area contributed by atoms with Gasteiger partial charge in [-0.2, -0.15) is 0 Å². The number of hydrogen-bond acceptors (Lipinski definition) is 1. The van der Waals surface area contributed by atoms with Gasteiger partial charge in [-0.3, -0.25) is 4.79 Å². The Labute approximate surface area is 99.1 Å². The molecule has 86 valence electrons. The Bertz CT molecular complexity index is 534. The zero-order chi connectivity index (χ0) is 12.3. The van der Waals surface area contributed by atoms with Crippen molar-refractivity contribution in [3.63, 3.8) is 0 Å². The number of rotatable bonds is 2. The van der Waals surface area contributed by atoms with Gasteiger partial charge in [0.05, 0.1) is 0 Å². The molecule has 2 rings (SSSR count). The van der Waals surface area contributed by atoms with Crippen molar-refractivity contribution >= 4 is 11.6 Å². The van der Waals surface area contributed by atoms with E-state index in [-0.39, 0.29) is 11.7 Å². The molecule has 17 heavy (non-hydrogen) atoms. The van der Waals surface area contributed by atoms with Crippen LogP contribution in [0.1, 0.15) is 15.9 Å². The normalized spacial score (nSPS) is 10.0. The van der Waals surface area contributed by atoms with Crippen molar-refractivity contribution in [2.75, 3.05) is 5.32 Å². The van der Waals surface area contributed by atoms with Crippen LogP contribution >= 0.6 is 0 Å². The Balaban J connectivity index is 2.14. The lowest BCUT2D eigenvalue weighted by Gasteiger charge is -2.05. The van der Waals surface area contributed by atoms with Crippen LogP contribution in [0, 0.1) is 12.7 Å². The average Bonchev–Trinajstić information content (AvgIpc) is 2.32. The minimum absolute atomic E-state index is 0.194. The van der Waals surface area contributed by atoms with E-state index in [1.807, 2.05) is 19.1 Å². The van der Waals surface area contributed by atoms with Gasteiger partial charge in [-0.05, 0) is 43.3 Å². The van der Waals surface area contributed by atoms with Crippen LogP contribution in [-0.2, 0) is 0 Å². The van der Waals surface area contributed by atoms with Crippen LogP contribution in [0.15, 0.2) is 48.5 Å². The predicted molar refractivity (Wildman–Crippen MR) is 65.5 cm³/mol. The lowest BCUT2D eigenvalue weighted by molar-refractivity contribution is 0.102. The molecule has 0 radical (unpaired) electrons. The summed E-state index contributed by atoms with van der Waals surface area (Å²) in [4.78, 5) is 11.8. The molecule has 0 aromatic heterocycles. The quantitative estimate of drug-likeness (QED) is 0.840. The number of nitrogens with one attached hydrogen (secondary N) is 1. The SMILES string of the molecule is Cc1cccc(C(=O)Nc2ccc(F)cc2)c1. The summed E-state index contributed by atoms with van der Waals surface area (Å²) in [6, 6.07) is 13.0. The number of benzene rings is 2.